The first kappa shape index (κ1) is 19.2. The molecule has 1 aliphatic carbocycles. The SMILES string of the molecule is CCN(C)[C@H]1CCC[C@@H]1Oc1ccc2c(c1)CN(C1CCC(=O)NC1O)C2=O. The monoisotopic (exact) mass is 387 g/mol. The van der Waals surface area contributed by atoms with Crippen molar-refractivity contribution in [1.82, 2.24) is 15.1 Å². The van der Waals surface area contributed by atoms with E-state index in [1.165, 1.54) is 6.42 Å². The molecule has 2 unspecified atom stereocenters. The van der Waals surface area contributed by atoms with E-state index >= 15 is 0 Å². The summed E-state index contributed by atoms with van der Waals surface area (Å²) in [5, 5.41) is 12.7. The van der Waals surface area contributed by atoms with Crippen LogP contribution in [0.2, 0.25) is 0 Å². The van der Waals surface area contributed by atoms with Crippen LogP contribution in [0.3, 0.4) is 0 Å². The van der Waals surface area contributed by atoms with Gasteiger partial charge in [0.15, 0.2) is 0 Å². The molecule has 2 heterocycles. The molecule has 2 fully saturated rings. The van der Waals surface area contributed by atoms with Crippen LogP contribution in [0.15, 0.2) is 18.2 Å². The maximum atomic E-state index is 12.8. The largest absolute Gasteiger partial charge is 0.489 e. The van der Waals surface area contributed by atoms with Crippen molar-refractivity contribution in [3.8, 4) is 5.75 Å². The average Bonchev–Trinajstić information content (AvgIpc) is 3.26. The van der Waals surface area contributed by atoms with Gasteiger partial charge in [0, 0.05) is 24.6 Å². The molecular weight excluding hydrogens is 358 g/mol. The normalized spacial score (nSPS) is 29.9. The first-order valence-electron chi connectivity index (χ1n) is 10.3. The molecule has 2 N–H and O–H groups in total. The highest BCUT2D eigenvalue weighted by Gasteiger charge is 2.39. The quantitative estimate of drug-likeness (QED) is 0.800. The van der Waals surface area contributed by atoms with Crippen LogP contribution in [0.4, 0.5) is 0 Å². The molecule has 2 amide bonds. The van der Waals surface area contributed by atoms with Crippen molar-refractivity contribution in [2.45, 2.75) is 70.0 Å². The number of nitrogens with one attached hydrogen (secondary N) is 1. The minimum atomic E-state index is -1.01. The average molecular weight is 387 g/mol. The van der Waals surface area contributed by atoms with Crippen molar-refractivity contribution in [3.05, 3.63) is 29.3 Å². The highest BCUT2D eigenvalue weighted by atomic mass is 16.5. The number of aliphatic hydroxyl groups excluding tert-OH is 1. The molecule has 3 aliphatic rings. The first-order chi connectivity index (χ1) is 13.5. The maximum absolute atomic E-state index is 12.8. The molecule has 0 spiro atoms. The Labute approximate surface area is 165 Å². The van der Waals surface area contributed by atoms with Gasteiger partial charge in [0.2, 0.25) is 5.91 Å². The second-order valence-corrected chi connectivity index (χ2v) is 8.10. The third-order valence-electron chi connectivity index (χ3n) is 6.42. The summed E-state index contributed by atoms with van der Waals surface area (Å²) in [5.41, 5.74) is 1.58. The molecule has 7 heteroatoms. The third kappa shape index (κ3) is 3.49. The minimum Gasteiger partial charge on any atom is -0.489 e. The van der Waals surface area contributed by atoms with Gasteiger partial charge in [0.05, 0.1) is 6.04 Å². The van der Waals surface area contributed by atoms with Gasteiger partial charge in [-0.15, -0.1) is 0 Å². The maximum Gasteiger partial charge on any atom is 0.254 e. The lowest BCUT2D eigenvalue weighted by molar-refractivity contribution is -0.129. The lowest BCUT2D eigenvalue weighted by atomic mass is 10.0. The van der Waals surface area contributed by atoms with E-state index in [1.807, 2.05) is 18.2 Å². The zero-order chi connectivity index (χ0) is 19.8. The number of benzene rings is 1. The van der Waals surface area contributed by atoms with Gasteiger partial charge in [0.1, 0.15) is 18.1 Å². The molecule has 1 saturated carbocycles. The fourth-order valence-corrected chi connectivity index (χ4v) is 4.71. The van der Waals surface area contributed by atoms with Crippen LogP contribution in [0.1, 0.15) is 54.9 Å². The molecule has 1 aromatic carbocycles. The summed E-state index contributed by atoms with van der Waals surface area (Å²) in [5.74, 6) is 0.533. The van der Waals surface area contributed by atoms with Crippen LogP contribution in [-0.2, 0) is 11.3 Å². The van der Waals surface area contributed by atoms with Gasteiger partial charge in [0.25, 0.3) is 5.91 Å². The van der Waals surface area contributed by atoms with Crippen molar-refractivity contribution < 1.29 is 19.4 Å². The number of carbonyl (C=O) groups is 2. The van der Waals surface area contributed by atoms with E-state index in [4.69, 9.17) is 4.74 Å². The fourth-order valence-electron chi connectivity index (χ4n) is 4.71. The number of amides is 2. The minimum absolute atomic E-state index is 0.0915. The molecule has 4 rings (SSSR count). The highest BCUT2D eigenvalue weighted by Crippen LogP contribution is 2.33. The van der Waals surface area contributed by atoms with Crippen LogP contribution in [0, 0.1) is 0 Å². The number of aliphatic hydroxyl groups is 1. The zero-order valence-electron chi connectivity index (χ0n) is 16.6. The fraction of sp³-hybridized carbons (Fsp3) is 0.619. The van der Waals surface area contributed by atoms with Gasteiger partial charge in [-0.1, -0.05) is 6.92 Å². The van der Waals surface area contributed by atoms with Gasteiger partial charge < -0.3 is 25.0 Å². The first-order valence-corrected chi connectivity index (χ1v) is 10.3. The Bertz CT molecular complexity index is 768. The predicted octanol–water partition coefficient (Wildman–Crippen LogP) is 1.49. The number of likely N-dealkylation sites (N-methyl/N-ethyl adjacent to an activating group) is 1. The van der Waals surface area contributed by atoms with E-state index in [-0.39, 0.29) is 24.0 Å². The predicted molar refractivity (Wildman–Crippen MR) is 104 cm³/mol. The van der Waals surface area contributed by atoms with Crippen molar-refractivity contribution in [1.29, 1.82) is 0 Å². The molecule has 0 radical (unpaired) electrons. The van der Waals surface area contributed by atoms with Crippen molar-refractivity contribution in [3.63, 3.8) is 0 Å². The molecule has 0 aromatic heterocycles. The molecule has 4 atom stereocenters. The summed E-state index contributed by atoms with van der Waals surface area (Å²) < 4.78 is 6.31. The number of hydrogen-bond acceptors (Lipinski definition) is 5. The molecule has 7 nitrogen and oxygen atoms in total. The summed E-state index contributed by atoms with van der Waals surface area (Å²) in [6.45, 7) is 3.59. The summed E-state index contributed by atoms with van der Waals surface area (Å²) in [4.78, 5) is 28.3. The van der Waals surface area contributed by atoms with Crippen molar-refractivity contribution in [2.24, 2.45) is 0 Å². The molecular formula is C21H29N3O4. The van der Waals surface area contributed by atoms with Crippen LogP contribution >= 0.6 is 0 Å². The van der Waals surface area contributed by atoms with Gasteiger partial charge in [-0.05, 0) is 63.0 Å². The second kappa shape index (κ2) is 7.72. The summed E-state index contributed by atoms with van der Waals surface area (Å²) >= 11 is 0. The zero-order valence-corrected chi connectivity index (χ0v) is 16.6. The summed E-state index contributed by atoms with van der Waals surface area (Å²) in [7, 11) is 2.14. The Kier molecular flexibility index (Phi) is 5.29. The van der Waals surface area contributed by atoms with Gasteiger partial charge in [-0.3, -0.25) is 9.59 Å². The lowest BCUT2D eigenvalue weighted by Crippen LogP contribution is -2.55. The van der Waals surface area contributed by atoms with Crippen molar-refractivity contribution in [2.75, 3.05) is 13.6 Å². The van der Waals surface area contributed by atoms with E-state index in [0.29, 0.717) is 31.0 Å². The Morgan fingerprint density at radius 1 is 1.29 bits per heavy atom. The Morgan fingerprint density at radius 2 is 2.11 bits per heavy atom. The molecule has 152 valence electrons. The standard InChI is InChI=1S/C21H29N3O4/c1-3-23(2)16-5-4-6-18(16)28-14-7-8-15-13(11-14)12-24(21(15)27)17-9-10-19(25)22-20(17)26/h7-8,11,16-18,20,26H,3-6,9-10,12H2,1-2H3,(H,22,25)/t16-,17?,18-,20?/m0/s1. The summed E-state index contributed by atoms with van der Waals surface area (Å²) in [6.07, 6.45) is 3.32. The third-order valence-corrected chi connectivity index (χ3v) is 6.42. The number of ether oxygens (including phenoxy) is 1. The molecule has 1 aromatic rings. The number of rotatable bonds is 5. The topological polar surface area (TPSA) is 82.1 Å². The van der Waals surface area contributed by atoms with Crippen molar-refractivity contribution >= 4 is 11.8 Å². The smallest absolute Gasteiger partial charge is 0.254 e. The highest BCUT2D eigenvalue weighted by molar-refractivity contribution is 5.99. The Hall–Kier alpha value is -2.12. The van der Waals surface area contributed by atoms with Crippen LogP contribution in [0.25, 0.3) is 0 Å². The Balaban J connectivity index is 1.47. The molecule has 2 aliphatic heterocycles. The molecule has 0 bridgehead atoms. The van der Waals surface area contributed by atoms with E-state index < -0.39 is 6.23 Å². The molecule has 28 heavy (non-hydrogen) atoms. The number of nitrogens with zero attached hydrogens (tertiary/aromatic N) is 2. The van der Waals surface area contributed by atoms with Crippen LogP contribution < -0.4 is 10.1 Å². The lowest BCUT2D eigenvalue weighted by Gasteiger charge is -2.35. The molecule has 1 saturated heterocycles. The van der Waals surface area contributed by atoms with E-state index in [1.54, 1.807) is 4.90 Å². The van der Waals surface area contributed by atoms with Gasteiger partial charge in [-0.25, -0.2) is 0 Å². The number of fused-ring (bicyclic) bond motifs is 1. The number of hydrogen-bond donors (Lipinski definition) is 2. The van der Waals surface area contributed by atoms with Crippen LogP contribution in [-0.4, -0.2) is 64.7 Å². The number of carbonyl (C=O) groups excluding carboxylic acids is 2. The second-order valence-electron chi connectivity index (χ2n) is 8.10. The van der Waals surface area contributed by atoms with E-state index in [9.17, 15) is 14.7 Å². The van der Waals surface area contributed by atoms with Gasteiger partial charge >= 0.3 is 0 Å². The van der Waals surface area contributed by atoms with Gasteiger partial charge in [-0.2, -0.15) is 0 Å². The van der Waals surface area contributed by atoms with E-state index in [0.717, 1.165) is 30.7 Å². The number of piperidine rings is 1. The summed E-state index contributed by atoms with van der Waals surface area (Å²) in [6, 6.07) is 5.70. The van der Waals surface area contributed by atoms with E-state index in [2.05, 4.69) is 24.2 Å². The van der Waals surface area contributed by atoms with Crippen LogP contribution in [0.5, 0.6) is 5.75 Å². The Morgan fingerprint density at radius 3 is 2.86 bits per heavy atom.